The van der Waals surface area contributed by atoms with Crippen LogP contribution in [0.4, 0.5) is 10.5 Å². The number of halogens is 1. The van der Waals surface area contributed by atoms with Crippen LogP contribution in [0.1, 0.15) is 53.6 Å². The number of H-pyrrole nitrogens is 1. The monoisotopic (exact) mass is 404 g/mol. The Labute approximate surface area is 169 Å². The summed E-state index contributed by atoms with van der Waals surface area (Å²) in [6, 6.07) is 3.75. The number of aromatic nitrogens is 2. The molecule has 1 aliphatic rings. The van der Waals surface area contributed by atoms with Gasteiger partial charge in [0.25, 0.3) is 5.91 Å². The average molecular weight is 405 g/mol. The van der Waals surface area contributed by atoms with E-state index >= 15 is 0 Å². The number of aromatic amines is 1. The maximum atomic E-state index is 12.9. The number of nitrogens with zero attached hydrogens (tertiary/aromatic N) is 2. The zero-order valence-electron chi connectivity index (χ0n) is 16.8. The Bertz CT molecular complexity index is 907. The van der Waals surface area contributed by atoms with E-state index in [1.165, 1.54) is 0 Å². The molecule has 2 N–H and O–H groups in total. The van der Waals surface area contributed by atoms with Gasteiger partial charge in [-0.25, -0.2) is 4.79 Å². The molecule has 7 nitrogen and oxygen atoms in total. The first-order valence-electron chi connectivity index (χ1n) is 9.17. The van der Waals surface area contributed by atoms with Gasteiger partial charge in [0.05, 0.1) is 17.3 Å². The molecule has 0 atom stereocenters. The van der Waals surface area contributed by atoms with Crippen LogP contribution in [0.25, 0.3) is 0 Å². The van der Waals surface area contributed by atoms with Gasteiger partial charge in [-0.1, -0.05) is 17.7 Å². The summed E-state index contributed by atoms with van der Waals surface area (Å²) in [7, 11) is 0. The molecule has 0 bridgehead atoms. The lowest BCUT2D eigenvalue weighted by molar-refractivity contribution is 0.0222. The van der Waals surface area contributed by atoms with E-state index in [9.17, 15) is 9.59 Å². The van der Waals surface area contributed by atoms with Crippen molar-refractivity contribution in [2.45, 2.75) is 53.2 Å². The Balaban J connectivity index is 1.80. The minimum Gasteiger partial charge on any atom is -0.444 e. The van der Waals surface area contributed by atoms with Crippen molar-refractivity contribution < 1.29 is 14.3 Å². The largest absolute Gasteiger partial charge is 0.444 e. The predicted molar refractivity (Wildman–Crippen MR) is 108 cm³/mol. The fourth-order valence-corrected chi connectivity index (χ4v) is 3.58. The molecule has 2 heterocycles. The van der Waals surface area contributed by atoms with Crippen LogP contribution in [0.15, 0.2) is 12.1 Å². The Morgan fingerprint density at radius 2 is 2.00 bits per heavy atom. The van der Waals surface area contributed by atoms with Crippen LogP contribution in [0, 0.1) is 13.8 Å². The second kappa shape index (κ2) is 7.47. The molecule has 1 aromatic carbocycles. The molecule has 150 valence electrons. The summed E-state index contributed by atoms with van der Waals surface area (Å²) in [4.78, 5) is 26.8. The molecular weight excluding hydrogens is 380 g/mol. The highest BCUT2D eigenvalue weighted by Gasteiger charge is 2.30. The molecule has 0 radical (unpaired) electrons. The fraction of sp³-hybridized carbons (Fsp3) is 0.450. The van der Waals surface area contributed by atoms with Gasteiger partial charge in [-0.2, -0.15) is 5.10 Å². The molecule has 28 heavy (non-hydrogen) atoms. The third kappa shape index (κ3) is 4.30. The van der Waals surface area contributed by atoms with Gasteiger partial charge in [-0.3, -0.25) is 9.89 Å². The van der Waals surface area contributed by atoms with Crippen LogP contribution in [0.2, 0.25) is 5.02 Å². The van der Waals surface area contributed by atoms with Crippen LogP contribution in [0.5, 0.6) is 0 Å². The van der Waals surface area contributed by atoms with Crippen LogP contribution in [-0.4, -0.2) is 39.2 Å². The summed E-state index contributed by atoms with van der Waals surface area (Å²) in [6.07, 6.45) is 0.183. The Morgan fingerprint density at radius 3 is 2.64 bits per heavy atom. The van der Waals surface area contributed by atoms with E-state index in [1.54, 1.807) is 11.0 Å². The zero-order chi connectivity index (χ0) is 20.6. The molecule has 2 aromatic rings. The average Bonchev–Trinajstić information content (AvgIpc) is 2.99. The maximum absolute atomic E-state index is 12.9. The van der Waals surface area contributed by atoms with Gasteiger partial charge in [-0.15, -0.1) is 0 Å². The SMILES string of the molecule is Cc1cc(C)c(NC(=O)c2n[nH]c3c2CN(C(=O)OC(C)(C)C)CC3)c(Cl)c1. The van der Waals surface area contributed by atoms with Gasteiger partial charge in [0.15, 0.2) is 5.69 Å². The van der Waals surface area contributed by atoms with Crippen LogP contribution >= 0.6 is 11.6 Å². The summed E-state index contributed by atoms with van der Waals surface area (Å²) in [5, 5.41) is 10.4. The summed E-state index contributed by atoms with van der Waals surface area (Å²) >= 11 is 6.30. The van der Waals surface area contributed by atoms with Crippen LogP contribution < -0.4 is 5.32 Å². The van der Waals surface area contributed by atoms with Crippen molar-refractivity contribution >= 4 is 29.3 Å². The number of fused-ring (bicyclic) bond motifs is 1. The Hall–Kier alpha value is -2.54. The molecular formula is C20H25ClN4O3. The van der Waals surface area contributed by atoms with Crippen molar-refractivity contribution in [2.24, 2.45) is 0 Å². The second-order valence-electron chi connectivity index (χ2n) is 8.07. The minimum atomic E-state index is -0.576. The number of carbonyl (C=O) groups excluding carboxylic acids is 2. The Kier molecular flexibility index (Phi) is 5.39. The van der Waals surface area contributed by atoms with Gasteiger partial charge in [0, 0.05) is 24.2 Å². The van der Waals surface area contributed by atoms with Gasteiger partial charge in [-0.05, 0) is 51.8 Å². The first kappa shape index (κ1) is 20.2. The second-order valence-corrected chi connectivity index (χ2v) is 8.48. The van der Waals surface area contributed by atoms with Crippen molar-refractivity contribution in [3.63, 3.8) is 0 Å². The third-order valence-electron chi connectivity index (χ3n) is 4.47. The van der Waals surface area contributed by atoms with Gasteiger partial charge in [0.2, 0.25) is 0 Å². The maximum Gasteiger partial charge on any atom is 0.410 e. The molecule has 3 rings (SSSR count). The van der Waals surface area contributed by atoms with E-state index < -0.39 is 11.7 Å². The quantitative estimate of drug-likeness (QED) is 0.784. The third-order valence-corrected chi connectivity index (χ3v) is 4.77. The number of amides is 2. The summed E-state index contributed by atoms with van der Waals surface area (Å²) in [5.74, 6) is -0.364. The number of rotatable bonds is 2. The Morgan fingerprint density at radius 1 is 1.29 bits per heavy atom. The van der Waals surface area contributed by atoms with Crippen molar-refractivity contribution in [3.05, 3.63) is 45.2 Å². The normalized spacial score (nSPS) is 13.9. The minimum absolute atomic E-state index is 0.263. The number of nitrogens with one attached hydrogen (secondary N) is 2. The van der Waals surface area contributed by atoms with Crippen LogP contribution in [0.3, 0.4) is 0 Å². The predicted octanol–water partition coefficient (Wildman–Crippen LogP) is 4.23. The number of carbonyl (C=O) groups is 2. The van der Waals surface area contributed by atoms with Gasteiger partial charge >= 0.3 is 6.09 Å². The number of hydrogen-bond donors (Lipinski definition) is 2. The molecule has 0 spiro atoms. The number of anilines is 1. The molecule has 0 fully saturated rings. The molecule has 8 heteroatoms. The zero-order valence-corrected chi connectivity index (χ0v) is 17.5. The van der Waals surface area contributed by atoms with Crippen molar-refractivity contribution in [3.8, 4) is 0 Å². The van der Waals surface area contributed by atoms with Crippen molar-refractivity contribution in [1.82, 2.24) is 15.1 Å². The lowest BCUT2D eigenvalue weighted by Crippen LogP contribution is -2.40. The smallest absolute Gasteiger partial charge is 0.410 e. The molecule has 0 saturated heterocycles. The van der Waals surface area contributed by atoms with E-state index in [2.05, 4.69) is 15.5 Å². The highest BCUT2D eigenvalue weighted by molar-refractivity contribution is 6.34. The van der Waals surface area contributed by atoms with E-state index in [0.29, 0.717) is 29.2 Å². The number of ether oxygens (including phenoxy) is 1. The lowest BCUT2D eigenvalue weighted by atomic mass is 10.0. The first-order valence-corrected chi connectivity index (χ1v) is 9.55. The molecule has 1 aromatic heterocycles. The van der Waals surface area contributed by atoms with Gasteiger partial charge < -0.3 is 15.0 Å². The summed E-state index contributed by atoms with van der Waals surface area (Å²) in [5.41, 5.74) is 3.71. The molecule has 0 unspecified atom stereocenters. The van der Waals surface area contributed by atoms with E-state index in [4.69, 9.17) is 16.3 Å². The van der Waals surface area contributed by atoms with Gasteiger partial charge in [0.1, 0.15) is 5.60 Å². The first-order chi connectivity index (χ1) is 13.0. The number of benzene rings is 1. The van der Waals surface area contributed by atoms with E-state index in [-0.39, 0.29) is 18.1 Å². The summed E-state index contributed by atoms with van der Waals surface area (Å²) in [6.45, 7) is 10.1. The molecule has 2 amide bonds. The number of aryl methyl sites for hydroxylation is 2. The molecule has 0 saturated carbocycles. The van der Waals surface area contributed by atoms with Crippen LogP contribution in [-0.2, 0) is 17.7 Å². The topological polar surface area (TPSA) is 87.3 Å². The fourth-order valence-electron chi connectivity index (χ4n) is 3.21. The highest BCUT2D eigenvalue weighted by Crippen LogP contribution is 2.29. The molecule has 0 aliphatic carbocycles. The number of hydrogen-bond acceptors (Lipinski definition) is 4. The lowest BCUT2D eigenvalue weighted by Gasteiger charge is -2.30. The van der Waals surface area contributed by atoms with Crippen molar-refractivity contribution in [2.75, 3.05) is 11.9 Å². The molecule has 1 aliphatic heterocycles. The summed E-state index contributed by atoms with van der Waals surface area (Å²) < 4.78 is 5.45. The highest BCUT2D eigenvalue weighted by atomic mass is 35.5. The standard InChI is InChI=1S/C20H25ClN4O3/c1-11-8-12(2)16(14(21)9-11)22-18(26)17-13-10-25(7-6-15(13)23-24-17)19(27)28-20(3,4)5/h8-9H,6-7,10H2,1-5H3,(H,22,26)(H,23,24). The van der Waals surface area contributed by atoms with Crippen molar-refractivity contribution in [1.29, 1.82) is 0 Å². The van der Waals surface area contributed by atoms with E-state index in [0.717, 1.165) is 16.8 Å². The van der Waals surface area contributed by atoms with E-state index in [1.807, 2.05) is 40.7 Å².